The van der Waals surface area contributed by atoms with Crippen LogP contribution in [0.25, 0.3) is 10.9 Å². The maximum absolute atomic E-state index is 14.0. The highest BCUT2D eigenvalue weighted by molar-refractivity contribution is 5.92. The quantitative estimate of drug-likeness (QED) is 0.143. The summed E-state index contributed by atoms with van der Waals surface area (Å²) in [6.07, 6.45) is 5.43. The maximum atomic E-state index is 14.0. The van der Waals surface area contributed by atoms with E-state index in [4.69, 9.17) is 5.73 Å². The highest BCUT2D eigenvalue weighted by Gasteiger charge is 2.35. The summed E-state index contributed by atoms with van der Waals surface area (Å²) in [5.74, 6) is -2.12. The average molecular weight is 581 g/mol. The number of fused-ring (bicyclic) bond motifs is 1. The number of carbonyl (C=O) groups is 3. The zero-order valence-corrected chi connectivity index (χ0v) is 25.2. The van der Waals surface area contributed by atoms with Crippen molar-refractivity contribution in [1.82, 2.24) is 15.6 Å². The predicted molar refractivity (Wildman–Crippen MR) is 172 cm³/mol. The van der Waals surface area contributed by atoms with Crippen LogP contribution in [0.4, 0.5) is 0 Å². The van der Waals surface area contributed by atoms with Crippen LogP contribution < -0.4 is 16.4 Å². The van der Waals surface area contributed by atoms with E-state index in [1.54, 1.807) is 0 Å². The Hall–Kier alpha value is -4.39. The van der Waals surface area contributed by atoms with Gasteiger partial charge in [-0.25, -0.2) is 0 Å². The van der Waals surface area contributed by atoms with Crippen molar-refractivity contribution in [1.29, 1.82) is 0 Å². The Balaban J connectivity index is 1.51. The fourth-order valence-corrected chi connectivity index (χ4v) is 5.78. The third-order valence-electron chi connectivity index (χ3n) is 8.02. The number of amides is 3. The number of nitrogens with one attached hydrogen (secondary N) is 3. The largest absolute Gasteiger partial charge is 0.369 e. The zero-order valence-electron chi connectivity index (χ0n) is 25.2. The van der Waals surface area contributed by atoms with Crippen molar-refractivity contribution in [2.24, 2.45) is 23.5 Å². The third-order valence-corrected chi connectivity index (χ3v) is 8.02. The zero-order chi connectivity index (χ0) is 30.6. The van der Waals surface area contributed by atoms with Crippen LogP contribution in [0.3, 0.4) is 0 Å². The molecule has 7 heteroatoms. The molecule has 0 aliphatic rings. The Bertz CT molecular complexity index is 1470. The number of hydrogen-bond donors (Lipinski definition) is 4. The van der Waals surface area contributed by atoms with E-state index < -0.39 is 23.8 Å². The van der Waals surface area contributed by atoms with E-state index in [1.165, 1.54) is 5.56 Å². The van der Waals surface area contributed by atoms with E-state index >= 15 is 0 Å². The lowest BCUT2D eigenvalue weighted by molar-refractivity contribution is -0.136. The summed E-state index contributed by atoms with van der Waals surface area (Å²) in [6.45, 7) is 4.51. The van der Waals surface area contributed by atoms with Crippen LogP contribution in [-0.4, -0.2) is 35.3 Å². The average Bonchev–Trinajstić information content (AvgIpc) is 3.41. The van der Waals surface area contributed by atoms with Crippen LogP contribution in [-0.2, 0) is 33.6 Å². The van der Waals surface area contributed by atoms with Crippen LogP contribution in [0.1, 0.15) is 49.8 Å². The summed E-state index contributed by atoms with van der Waals surface area (Å²) in [6, 6.07) is 27.1. The van der Waals surface area contributed by atoms with Crippen molar-refractivity contribution in [3.8, 4) is 0 Å². The summed E-state index contributed by atoms with van der Waals surface area (Å²) in [4.78, 5) is 43.5. The molecule has 1 heterocycles. The number of carbonyl (C=O) groups excluding carboxylic acids is 3. The molecule has 0 spiro atoms. The molecule has 43 heavy (non-hydrogen) atoms. The molecule has 0 aliphatic carbocycles. The number of aromatic nitrogens is 1. The van der Waals surface area contributed by atoms with Gasteiger partial charge in [-0.15, -0.1) is 0 Å². The molecule has 3 atom stereocenters. The smallest absolute Gasteiger partial charge is 0.242 e. The number of nitrogens with two attached hydrogens (primary N) is 1. The maximum Gasteiger partial charge on any atom is 0.242 e. The molecule has 0 aliphatic heterocycles. The lowest BCUT2D eigenvalue weighted by Crippen LogP contribution is -2.52. The van der Waals surface area contributed by atoms with Crippen LogP contribution in [0, 0.1) is 17.8 Å². The minimum absolute atomic E-state index is 0.165. The first-order valence-electron chi connectivity index (χ1n) is 15.3. The standard InChI is InChI=1S/C36H44N4O3/c1-25(2)22-31(30(34(37)41)18-11-16-26-12-5-3-6-13-26)35(42)40-33(23-28-24-39-32-19-10-9-17-29(28)32)36(43)38-21-20-27-14-7-4-8-15-27/h3-10,12-15,17,19,24-25,30-31,33,39H,11,16,18,20-23H2,1-2H3,(H2,37,41)(H,38,43)(H,40,42)/t30-,31?,33-/m0/s1. The molecular weight excluding hydrogens is 536 g/mol. The minimum Gasteiger partial charge on any atom is -0.369 e. The van der Waals surface area contributed by atoms with Gasteiger partial charge in [-0.3, -0.25) is 14.4 Å². The Morgan fingerprint density at radius 3 is 2.07 bits per heavy atom. The van der Waals surface area contributed by atoms with Gasteiger partial charge in [0, 0.05) is 41.9 Å². The molecule has 1 unspecified atom stereocenters. The fourth-order valence-electron chi connectivity index (χ4n) is 5.78. The summed E-state index contributed by atoms with van der Waals surface area (Å²) in [5, 5.41) is 7.08. The van der Waals surface area contributed by atoms with Crippen LogP contribution in [0.5, 0.6) is 0 Å². The van der Waals surface area contributed by atoms with Gasteiger partial charge in [0.15, 0.2) is 0 Å². The second-order valence-electron chi connectivity index (χ2n) is 11.8. The van der Waals surface area contributed by atoms with Crippen molar-refractivity contribution in [2.45, 2.75) is 58.4 Å². The number of benzene rings is 3. The Kier molecular flexibility index (Phi) is 11.5. The molecule has 4 rings (SSSR count). The van der Waals surface area contributed by atoms with Crippen molar-refractivity contribution in [2.75, 3.05) is 6.54 Å². The monoisotopic (exact) mass is 580 g/mol. The number of rotatable bonds is 16. The van der Waals surface area contributed by atoms with Gasteiger partial charge in [-0.05, 0) is 60.8 Å². The number of primary amides is 1. The lowest BCUT2D eigenvalue weighted by atomic mass is 9.80. The summed E-state index contributed by atoms with van der Waals surface area (Å²) >= 11 is 0. The predicted octanol–water partition coefficient (Wildman–Crippen LogP) is 5.34. The number of hydrogen-bond acceptors (Lipinski definition) is 3. The first-order valence-corrected chi connectivity index (χ1v) is 15.3. The topological polar surface area (TPSA) is 117 Å². The molecule has 1 aromatic heterocycles. The third kappa shape index (κ3) is 9.30. The van der Waals surface area contributed by atoms with Gasteiger partial charge >= 0.3 is 0 Å². The van der Waals surface area contributed by atoms with E-state index in [0.717, 1.165) is 34.9 Å². The second kappa shape index (κ2) is 15.7. The summed E-state index contributed by atoms with van der Waals surface area (Å²) in [5.41, 5.74) is 10.1. The van der Waals surface area contributed by atoms with E-state index in [-0.39, 0.29) is 17.7 Å². The van der Waals surface area contributed by atoms with Crippen molar-refractivity contribution >= 4 is 28.6 Å². The van der Waals surface area contributed by atoms with Crippen LogP contribution >= 0.6 is 0 Å². The second-order valence-corrected chi connectivity index (χ2v) is 11.8. The van der Waals surface area contributed by atoms with Gasteiger partial charge < -0.3 is 21.4 Å². The highest BCUT2D eigenvalue weighted by Crippen LogP contribution is 2.27. The normalized spacial score (nSPS) is 13.4. The van der Waals surface area contributed by atoms with E-state index in [1.807, 2.05) is 92.8 Å². The molecule has 3 aromatic carbocycles. The fraction of sp³-hybridized carbons (Fsp3) is 0.361. The molecule has 3 amide bonds. The molecule has 4 aromatic rings. The van der Waals surface area contributed by atoms with E-state index in [2.05, 4.69) is 27.8 Å². The molecule has 0 saturated heterocycles. The van der Waals surface area contributed by atoms with Gasteiger partial charge in [0.2, 0.25) is 17.7 Å². The lowest BCUT2D eigenvalue weighted by Gasteiger charge is -2.28. The Morgan fingerprint density at radius 2 is 1.42 bits per heavy atom. The molecule has 0 radical (unpaired) electrons. The van der Waals surface area contributed by atoms with Crippen molar-refractivity contribution < 1.29 is 14.4 Å². The molecule has 5 N–H and O–H groups in total. The summed E-state index contributed by atoms with van der Waals surface area (Å²) in [7, 11) is 0. The molecule has 0 saturated carbocycles. The summed E-state index contributed by atoms with van der Waals surface area (Å²) < 4.78 is 0. The van der Waals surface area contributed by atoms with Gasteiger partial charge in [0.25, 0.3) is 0 Å². The van der Waals surface area contributed by atoms with E-state index in [9.17, 15) is 14.4 Å². The molecule has 226 valence electrons. The van der Waals surface area contributed by atoms with Gasteiger partial charge in [-0.1, -0.05) is 92.7 Å². The minimum atomic E-state index is -0.810. The Labute approximate surface area is 254 Å². The molecular formula is C36H44N4O3. The molecule has 7 nitrogen and oxygen atoms in total. The number of aryl methyl sites for hydroxylation is 1. The first-order chi connectivity index (χ1) is 20.8. The first kappa shape index (κ1) is 31.5. The number of H-pyrrole nitrogens is 1. The van der Waals surface area contributed by atoms with Crippen molar-refractivity contribution in [3.05, 3.63) is 108 Å². The van der Waals surface area contributed by atoms with Crippen LogP contribution in [0.15, 0.2) is 91.1 Å². The van der Waals surface area contributed by atoms with Gasteiger partial charge in [-0.2, -0.15) is 0 Å². The molecule has 0 fully saturated rings. The van der Waals surface area contributed by atoms with Gasteiger partial charge in [0.05, 0.1) is 0 Å². The number of aromatic amines is 1. The Morgan fingerprint density at radius 1 is 0.791 bits per heavy atom. The van der Waals surface area contributed by atoms with Crippen molar-refractivity contribution in [3.63, 3.8) is 0 Å². The SMILES string of the molecule is CC(C)CC(C(=O)N[C@@H](Cc1c[nH]c2ccccc12)C(=O)NCCc1ccccc1)[C@H](CCCc1ccccc1)C(N)=O. The number of para-hydroxylation sites is 1. The van der Waals surface area contributed by atoms with Gasteiger partial charge in [0.1, 0.15) is 6.04 Å². The highest BCUT2D eigenvalue weighted by atomic mass is 16.2. The van der Waals surface area contributed by atoms with E-state index in [0.29, 0.717) is 32.2 Å². The molecule has 0 bridgehead atoms. The van der Waals surface area contributed by atoms with Crippen LogP contribution in [0.2, 0.25) is 0 Å².